The van der Waals surface area contributed by atoms with Crippen LogP contribution in [0.2, 0.25) is 13.3 Å². The third-order valence-electron chi connectivity index (χ3n) is 4.47. The molecule has 0 spiro atoms. The van der Waals surface area contributed by atoms with Crippen LogP contribution in [0.4, 0.5) is 0 Å². The molecule has 0 radical (unpaired) electrons. The van der Waals surface area contributed by atoms with E-state index in [0.29, 0.717) is 0 Å². The van der Waals surface area contributed by atoms with Gasteiger partial charge in [-0.15, -0.1) is 0 Å². The number of nitriles is 1. The SMILES string of the molecule is CCC[CH2][Sn](/[CH]=C/CCCCC#N)([CH2]CCC)[CH2]CCC. The van der Waals surface area contributed by atoms with Gasteiger partial charge in [0.25, 0.3) is 0 Å². The predicted molar refractivity (Wildman–Crippen MR) is 98.1 cm³/mol. The minimum atomic E-state index is -2.01. The molecule has 0 unspecified atom stereocenters. The molecule has 2 heteroatoms. The summed E-state index contributed by atoms with van der Waals surface area (Å²) in [5, 5.41) is 8.59. The average Bonchev–Trinajstić information content (AvgIpc) is 2.51. The Morgan fingerprint density at radius 3 is 1.76 bits per heavy atom. The third-order valence-corrected chi connectivity index (χ3v) is 18.7. The van der Waals surface area contributed by atoms with Crippen LogP contribution in [-0.4, -0.2) is 18.4 Å². The van der Waals surface area contributed by atoms with Crippen molar-refractivity contribution in [2.75, 3.05) is 0 Å². The molecule has 0 atom stereocenters. The molecule has 0 amide bonds. The fraction of sp³-hybridized carbons (Fsp3) is 0.842. The Morgan fingerprint density at radius 1 is 0.810 bits per heavy atom. The molecule has 0 saturated carbocycles. The number of hydrogen-bond acceptors (Lipinski definition) is 1. The fourth-order valence-electron chi connectivity index (χ4n) is 3.01. The van der Waals surface area contributed by atoms with Crippen LogP contribution < -0.4 is 0 Å². The molecule has 0 N–H and O–H groups in total. The topological polar surface area (TPSA) is 23.8 Å². The summed E-state index contributed by atoms with van der Waals surface area (Å²) >= 11 is -2.01. The number of nitrogens with zero attached hydrogens (tertiary/aromatic N) is 1. The molecule has 0 aromatic carbocycles. The van der Waals surface area contributed by atoms with Gasteiger partial charge in [-0.3, -0.25) is 0 Å². The van der Waals surface area contributed by atoms with E-state index in [1.54, 1.807) is 13.3 Å². The Bertz CT molecular complexity index is 269. The van der Waals surface area contributed by atoms with E-state index in [9.17, 15) is 0 Å². The second kappa shape index (κ2) is 14.9. The molecule has 0 aliphatic heterocycles. The van der Waals surface area contributed by atoms with Gasteiger partial charge < -0.3 is 0 Å². The third kappa shape index (κ3) is 11.3. The molecule has 21 heavy (non-hydrogen) atoms. The zero-order valence-corrected chi connectivity index (χ0v) is 17.6. The van der Waals surface area contributed by atoms with Gasteiger partial charge in [-0.05, 0) is 0 Å². The van der Waals surface area contributed by atoms with Crippen molar-refractivity contribution in [2.24, 2.45) is 0 Å². The molecular weight excluding hydrogens is 361 g/mol. The standard InChI is InChI=1S/C7H10N.3C4H9.Sn/c1-2-3-4-5-6-7-8;3*1-3-4-2;/h1-2H,3-6H2;3*1,3-4H2,2H3;. The molecule has 0 saturated heterocycles. The van der Waals surface area contributed by atoms with E-state index in [1.807, 2.05) is 0 Å². The molecule has 0 aromatic rings. The maximum atomic E-state index is 8.59. The molecule has 0 bridgehead atoms. The Morgan fingerprint density at radius 2 is 1.33 bits per heavy atom. The molecule has 0 heterocycles. The first-order chi connectivity index (χ1) is 10.2. The Kier molecular flexibility index (Phi) is 15.0. The average molecular weight is 398 g/mol. The molecule has 1 nitrogen and oxygen atoms in total. The molecule has 0 rings (SSSR count). The predicted octanol–water partition coefficient (Wildman–Crippen LogP) is 7.01. The van der Waals surface area contributed by atoms with Gasteiger partial charge in [0, 0.05) is 0 Å². The van der Waals surface area contributed by atoms with Crippen LogP contribution in [0.3, 0.4) is 0 Å². The summed E-state index contributed by atoms with van der Waals surface area (Å²) in [6, 6.07) is 2.25. The van der Waals surface area contributed by atoms with Gasteiger partial charge >= 0.3 is 138 Å². The van der Waals surface area contributed by atoms with E-state index in [0.717, 1.165) is 12.8 Å². The first-order valence-corrected chi connectivity index (χ1v) is 17.0. The van der Waals surface area contributed by atoms with E-state index in [4.69, 9.17) is 5.26 Å². The van der Waals surface area contributed by atoms with Crippen LogP contribution in [-0.2, 0) is 0 Å². The Balaban J connectivity index is 4.54. The molecule has 0 fully saturated rings. The maximum absolute atomic E-state index is 8.59. The van der Waals surface area contributed by atoms with Crippen LogP contribution >= 0.6 is 0 Å². The fourth-order valence-corrected chi connectivity index (χ4v) is 17.5. The summed E-state index contributed by atoms with van der Waals surface area (Å²) in [6.07, 6.45) is 15.1. The van der Waals surface area contributed by atoms with Gasteiger partial charge in [0.1, 0.15) is 0 Å². The summed E-state index contributed by atoms with van der Waals surface area (Å²) in [5.41, 5.74) is 0. The van der Waals surface area contributed by atoms with E-state index in [1.165, 1.54) is 51.4 Å². The summed E-state index contributed by atoms with van der Waals surface area (Å²) in [5.74, 6) is 0. The number of unbranched alkanes of at least 4 members (excludes halogenated alkanes) is 6. The summed E-state index contributed by atoms with van der Waals surface area (Å²) in [7, 11) is 0. The molecule has 122 valence electrons. The molecule has 0 aliphatic carbocycles. The summed E-state index contributed by atoms with van der Waals surface area (Å²) in [6.45, 7) is 7.01. The van der Waals surface area contributed by atoms with Crippen molar-refractivity contribution in [2.45, 2.75) is 98.3 Å². The van der Waals surface area contributed by atoms with Crippen LogP contribution in [0.15, 0.2) is 10.2 Å². The Labute approximate surface area is 138 Å². The molecule has 0 aromatic heterocycles. The monoisotopic (exact) mass is 399 g/mol. The van der Waals surface area contributed by atoms with Crippen LogP contribution in [0.25, 0.3) is 0 Å². The van der Waals surface area contributed by atoms with Crippen LogP contribution in [0.1, 0.15) is 85.0 Å². The van der Waals surface area contributed by atoms with E-state index >= 15 is 0 Å². The second-order valence-electron chi connectivity index (χ2n) is 6.48. The van der Waals surface area contributed by atoms with Gasteiger partial charge in [-0.2, -0.15) is 0 Å². The van der Waals surface area contributed by atoms with Gasteiger partial charge in [0.2, 0.25) is 0 Å². The Hall–Kier alpha value is 0.0287. The molecule has 0 aliphatic rings. The zero-order valence-electron chi connectivity index (χ0n) is 14.8. The van der Waals surface area contributed by atoms with E-state index in [-0.39, 0.29) is 0 Å². The second-order valence-corrected chi connectivity index (χ2v) is 19.5. The minimum absolute atomic E-state index is 0.726. The van der Waals surface area contributed by atoms with Crippen molar-refractivity contribution in [1.82, 2.24) is 0 Å². The van der Waals surface area contributed by atoms with Crippen molar-refractivity contribution < 1.29 is 0 Å². The van der Waals surface area contributed by atoms with Gasteiger partial charge in [-0.25, -0.2) is 0 Å². The van der Waals surface area contributed by atoms with Crippen molar-refractivity contribution in [3.8, 4) is 6.07 Å². The zero-order chi connectivity index (χ0) is 15.8. The molecular formula is C19H37NSn. The van der Waals surface area contributed by atoms with Crippen LogP contribution in [0.5, 0.6) is 0 Å². The normalized spacial score (nSPS) is 11.9. The van der Waals surface area contributed by atoms with Crippen molar-refractivity contribution >= 4 is 18.4 Å². The summed E-state index contributed by atoms with van der Waals surface area (Å²) < 4.78 is 7.47. The van der Waals surface area contributed by atoms with Crippen molar-refractivity contribution in [3.63, 3.8) is 0 Å². The van der Waals surface area contributed by atoms with Crippen molar-refractivity contribution in [3.05, 3.63) is 10.2 Å². The summed E-state index contributed by atoms with van der Waals surface area (Å²) in [4.78, 5) is 0. The van der Waals surface area contributed by atoms with E-state index < -0.39 is 18.4 Å². The van der Waals surface area contributed by atoms with Crippen LogP contribution in [0, 0.1) is 11.3 Å². The quantitative estimate of drug-likeness (QED) is 0.228. The number of allylic oxidation sites excluding steroid dienone is 1. The number of hydrogen-bond donors (Lipinski definition) is 0. The van der Waals surface area contributed by atoms with Gasteiger partial charge in [0.05, 0.1) is 0 Å². The first kappa shape index (κ1) is 21.0. The first-order valence-electron chi connectivity index (χ1n) is 9.29. The van der Waals surface area contributed by atoms with Gasteiger partial charge in [0.15, 0.2) is 0 Å². The van der Waals surface area contributed by atoms with Gasteiger partial charge in [-0.1, -0.05) is 0 Å². The van der Waals surface area contributed by atoms with Crippen molar-refractivity contribution in [1.29, 1.82) is 5.26 Å². The van der Waals surface area contributed by atoms with E-state index in [2.05, 4.69) is 37.0 Å². The number of rotatable bonds is 14.